The van der Waals surface area contributed by atoms with Gasteiger partial charge in [0.1, 0.15) is 0 Å². The molecule has 0 bridgehead atoms. The van der Waals surface area contributed by atoms with E-state index in [2.05, 4.69) is 12.6 Å². The number of carboxylic acid groups (broad SMARTS) is 1. The number of rotatable bonds is 4. The van der Waals surface area contributed by atoms with Gasteiger partial charge in [-0.05, 0) is 30.5 Å². The minimum Gasteiger partial charge on any atom is -0.478 e. The molecule has 1 aromatic carbocycles. The Hall–Kier alpha value is -1.22. The Bertz CT molecular complexity index is 328. The van der Waals surface area contributed by atoms with Gasteiger partial charge in [-0.25, -0.2) is 4.79 Å². The van der Waals surface area contributed by atoms with Gasteiger partial charge in [-0.1, -0.05) is 18.2 Å². The van der Waals surface area contributed by atoms with Crippen LogP contribution in [-0.4, -0.2) is 11.1 Å². The Balaban J connectivity index is 2.39. The van der Waals surface area contributed by atoms with E-state index in [1.165, 1.54) is 11.6 Å². The molecule has 1 aromatic rings. The minimum atomic E-state index is -0.893. The predicted molar refractivity (Wildman–Crippen MR) is 58.8 cm³/mol. The molecule has 0 saturated heterocycles. The van der Waals surface area contributed by atoms with Crippen LogP contribution in [0.5, 0.6) is 0 Å². The fourth-order valence-corrected chi connectivity index (χ4v) is 1.25. The molecule has 74 valence electrons. The molecule has 0 aromatic heterocycles. The van der Waals surface area contributed by atoms with Crippen LogP contribution in [0.2, 0.25) is 0 Å². The zero-order valence-corrected chi connectivity index (χ0v) is 8.58. The quantitative estimate of drug-likeness (QED) is 0.589. The number of hydrogen-bond acceptors (Lipinski definition) is 2. The molecule has 14 heavy (non-hydrogen) atoms. The first-order valence-corrected chi connectivity index (χ1v) is 4.80. The molecule has 0 saturated carbocycles. The molecule has 0 fully saturated rings. The van der Waals surface area contributed by atoms with E-state index in [0.29, 0.717) is 0 Å². The van der Waals surface area contributed by atoms with Crippen molar-refractivity contribution < 1.29 is 9.90 Å². The van der Waals surface area contributed by atoms with Gasteiger partial charge in [-0.3, -0.25) is 0 Å². The van der Waals surface area contributed by atoms with Crippen LogP contribution in [0.15, 0.2) is 41.3 Å². The summed E-state index contributed by atoms with van der Waals surface area (Å²) in [6.07, 6.45) is 4.44. The second kappa shape index (κ2) is 5.50. The van der Waals surface area contributed by atoms with Crippen molar-refractivity contribution in [3.63, 3.8) is 0 Å². The van der Waals surface area contributed by atoms with Crippen LogP contribution in [0.3, 0.4) is 0 Å². The highest BCUT2D eigenvalue weighted by atomic mass is 32.1. The summed E-state index contributed by atoms with van der Waals surface area (Å²) in [5, 5.41) is 8.35. The highest BCUT2D eigenvalue weighted by Gasteiger charge is 1.91. The molecule has 0 aliphatic rings. The van der Waals surface area contributed by atoms with Gasteiger partial charge in [0.2, 0.25) is 0 Å². The monoisotopic (exact) mass is 208 g/mol. The molecule has 0 heterocycles. The smallest absolute Gasteiger partial charge is 0.327 e. The van der Waals surface area contributed by atoms with Gasteiger partial charge >= 0.3 is 5.97 Å². The SMILES string of the molecule is O=C(O)/C=C\CCc1ccc(S)cc1. The molecule has 0 radical (unpaired) electrons. The van der Waals surface area contributed by atoms with Gasteiger partial charge in [-0.15, -0.1) is 12.6 Å². The second-order valence-electron chi connectivity index (χ2n) is 2.95. The predicted octanol–water partition coefficient (Wildman–Crippen LogP) is 2.55. The molecule has 0 amide bonds. The van der Waals surface area contributed by atoms with Crippen molar-refractivity contribution in [3.8, 4) is 0 Å². The number of allylic oxidation sites excluding steroid dienone is 1. The average molecular weight is 208 g/mol. The lowest BCUT2D eigenvalue weighted by Gasteiger charge is -1.97. The van der Waals surface area contributed by atoms with Crippen LogP contribution < -0.4 is 0 Å². The lowest BCUT2D eigenvalue weighted by molar-refractivity contribution is -0.131. The van der Waals surface area contributed by atoms with Crippen LogP contribution in [0.1, 0.15) is 12.0 Å². The fraction of sp³-hybridized carbons (Fsp3) is 0.182. The van der Waals surface area contributed by atoms with E-state index in [1.54, 1.807) is 6.08 Å². The molecule has 0 atom stereocenters. The zero-order chi connectivity index (χ0) is 10.4. The Morgan fingerprint density at radius 1 is 1.36 bits per heavy atom. The van der Waals surface area contributed by atoms with Crippen LogP contribution >= 0.6 is 12.6 Å². The van der Waals surface area contributed by atoms with E-state index in [-0.39, 0.29) is 0 Å². The lowest BCUT2D eigenvalue weighted by Crippen LogP contribution is -1.87. The van der Waals surface area contributed by atoms with Crippen molar-refractivity contribution in [2.45, 2.75) is 17.7 Å². The van der Waals surface area contributed by atoms with Crippen molar-refractivity contribution in [2.24, 2.45) is 0 Å². The summed E-state index contributed by atoms with van der Waals surface area (Å²) < 4.78 is 0. The summed E-state index contributed by atoms with van der Waals surface area (Å²) in [5.74, 6) is -0.893. The Kier molecular flexibility index (Phi) is 4.26. The summed E-state index contributed by atoms with van der Waals surface area (Å²) in [7, 11) is 0. The van der Waals surface area contributed by atoms with Gasteiger partial charge in [0.25, 0.3) is 0 Å². The Labute approximate surface area is 88.7 Å². The van der Waals surface area contributed by atoms with Gasteiger partial charge in [0.15, 0.2) is 0 Å². The first kappa shape index (κ1) is 10.9. The van der Waals surface area contributed by atoms with E-state index in [9.17, 15) is 4.79 Å². The Morgan fingerprint density at radius 2 is 2.00 bits per heavy atom. The fourth-order valence-electron chi connectivity index (χ4n) is 1.10. The average Bonchev–Trinajstić information content (AvgIpc) is 2.15. The van der Waals surface area contributed by atoms with E-state index in [0.717, 1.165) is 17.7 Å². The molecule has 2 nitrogen and oxygen atoms in total. The van der Waals surface area contributed by atoms with Gasteiger partial charge in [0.05, 0.1) is 0 Å². The standard InChI is InChI=1S/C11H12O2S/c12-11(13)4-2-1-3-9-5-7-10(14)8-6-9/h2,4-8,14H,1,3H2,(H,12,13)/b4-2-. The van der Waals surface area contributed by atoms with Crippen LogP contribution in [0, 0.1) is 0 Å². The molecule has 1 N–H and O–H groups in total. The second-order valence-corrected chi connectivity index (χ2v) is 3.46. The molecule has 1 rings (SSSR count). The third-order valence-corrected chi connectivity index (χ3v) is 2.09. The summed E-state index contributed by atoms with van der Waals surface area (Å²) in [4.78, 5) is 11.1. The van der Waals surface area contributed by atoms with E-state index >= 15 is 0 Å². The number of aryl methyl sites for hydroxylation is 1. The number of carboxylic acids is 1. The van der Waals surface area contributed by atoms with Crippen LogP contribution in [0.4, 0.5) is 0 Å². The van der Waals surface area contributed by atoms with E-state index < -0.39 is 5.97 Å². The van der Waals surface area contributed by atoms with Crippen LogP contribution in [-0.2, 0) is 11.2 Å². The van der Waals surface area contributed by atoms with Crippen molar-refractivity contribution >= 4 is 18.6 Å². The highest BCUT2D eigenvalue weighted by Crippen LogP contribution is 2.09. The molecule has 0 spiro atoms. The maximum absolute atomic E-state index is 10.2. The first-order valence-electron chi connectivity index (χ1n) is 4.36. The van der Waals surface area contributed by atoms with Gasteiger partial charge in [0, 0.05) is 11.0 Å². The number of benzene rings is 1. The summed E-state index contributed by atoms with van der Waals surface area (Å²) in [6, 6.07) is 7.85. The molecular weight excluding hydrogens is 196 g/mol. The van der Waals surface area contributed by atoms with Gasteiger partial charge in [-0.2, -0.15) is 0 Å². The third-order valence-electron chi connectivity index (χ3n) is 1.80. The number of carbonyl (C=O) groups is 1. The number of aliphatic carboxylic acids is 1. The van der Waals surface area contributed by atoms with Crippen molar-refractivity contribution in [3.05, 3.63) is 42.0 Å². The molecule has 0 aliphatic carbocycles. The number of thiol groups is 1. The lowest BCUT2D eigenvalue weighted by atomic mass is 10.1. The highest BCUT2D eigenvalue weighted by molar-refractivity contribution is 7.80. The molecular formula is C11H12O2S. The molecule has 0 aliphatic heterocycles. The minimum absolute atomic E-state index is 0.748. The maximum Gasteiger partial charge on any atom is 0.327 e. The largest absolute Gasteiger partial charge is 0.478 e. The van der Waals surface area contributed by atoms with Crippen molar-refractivity contribution in [1.82, 2.24) is 0 Å². The van der Waals surface area contributed by atoms with Gasteiger partial charge < -0.3 is 5.11 Å². The zero-order valence-electron chi connectivity index (χ0n) is 7.68. The third kappa shape index (κ3) is 4.14. The Morgan fingerprint density at radius 3 is 2.57 bits per heavy atom. The molecule has 0 unspecified atom stereocenters. The van der Waals surface area contributed by atoms with Crippen molar-refractivity contribution in [2.75, 3.05) is 0 Å². The number of hydrogen-bond donors (Lipinski definition) is 2. The van der Waals surface area contributed by atoms with Crippen molar-refractivity contribution in [1.29, 1.82) is 0 Å². The summed E-state index contributed by atoms with van der Waals surface area (Å²) in [6.45, 7) is 0. The summed E-state index contributed by atoms with van der Waals surface area (Å²) >= 11 is 4.18. The maximum atomic E-state index is 10.2. The van der Waals surface area contributed by atoms with Crippen LogP contribution in [0.25, 0.3) is 0 Å². The first-order chi connectivity index (χ1) is 6.68. The van der Waals surface area contributed by atoms with E-state index in [4.69, 9.17) is 5.11 Å². The molecule has 3 heteroatoms. The normalized spacial score (nSPS) is 10.6. The summed E-state index contributed by atoms with van der Waals surface area (Å²) in [5.41, 5.74) is 1.19. The van der Waals surface area contributed by atoms with E-state index in [1.807, 2.05) is 24.3 Å². The topological polar surface area (TPSA) is 37.3 Å².